The Morgan fingerprint density at radius 2 is 2.00 bits per heavy atom. The molecule has 0 spiro atoms. The molecule has 1 fully saturated rings. The summed E-state index contributed by atoms with van der Waals surface area (Å²) in [4.78, 5) is 11.5. The molecular weight excluding hydrogens is 268 g/mol. The molecule has 0 aromatic heterocycles. The molecule has 1 aliphatic rings. The first kappa shape index (κ1) is 14.0. The summed E-state index contributed by atoms with van der Waals surface area (Å²) < 4.78 is 5.46. The van der Waals surface area contributed by atoms with Gasteiger partial charge in [0, 0.05) is 11.8 Å². The van der Waals surface area contributed by atoms with Crippen molar-refractivity contribution in [3.05, 3.63) is 0 Å². The fourth-order valence-corrected chi connectivity index (χ4v) is 2.73. The number of unbranched alkanes of at least 4 members (excludes halogenated alkanes) is 2. The molecule has 1 atom stereocenters. The molecule has 0 N–H and O–H groups in total. The van der Waals surface area contributed by atoms with E-state index in [0.29, 0.717) is 12.3 Å². The van der Waals surface area contributed by atoms with Gasteiger partial charge < -0.3 is 4.74 Å². The molecule has 94 valence electrons. The Hall–Kier alpha value is -0.0500. The van der Waals surface area contributed by atoms with Crippen molar-refractivity contribution in [2.24, 2.45) is 5.92 Å². The van der Waals surface area contributed by atoms with Gasteiger partial charge >= 0.3 is 5.97 Å². The Morgan fingerprint density at radius 3 is 2.62 bits per heavy atom. The third-order valence-corrected chi connectivity index (χ3v) is 3.96. The Bertz CT molecular complexity index is 200. The van der Waals surface area contributed by atoms with Crippen LogP contribution in [0.4, 0.5) is 0 Å². The lowest BCUT2D eigenvalue weighted by atomic mass is 10.0. The maximum atomic E-state index is 11.5. The second kappa shape index (κ2) is 8.10. The molecule has 1 unspecified atom stereocenters. The number of alkyl halides is 1. The van der Waals surface area contributed by atoms with Gasteiger partial charge in [-0.25, -0.2) is 0 Å². The van der Waals surface area contributed by atoms with E-state index in [9.17, 15) is 4.79 Å². The molecule has 0 heterocycles. The minimum absolute atomic E-state index is 0.00558. The number of rotatable bonds is 7. The first-order valence-corrected chi connectivity index (χ1v) is 7.61. The van der Waals surface area contributed by atoms with Crippen molar-refractivity contribution in [3.63, 3.8) is 0 Å². The van der Waals surface area contributed by atoms with Gasteiger partial charge in [0.1, 0.15) is 6.10 Å². The van der Waals surface area contributed by atoms with E-state index in [1.807, 2.05) is 6.92 Å². The van der Waals surface area contributed by atoms with E-state index in [2.05, 4.69) is 15.9 Å². The van der Waals surface area contributed by atoms with E-state index < -0.39 is 0 Å². The van der Waals surface area contributed by atoms with Gasteiger partial charge in [-0.2, -0.15) is 0 Å². The second-order valence-corrected chi connectivity index (χ2v) is 5.53. The van der Waals surface area contributed by atoms with Crippen molar-refractivity contribution in [3.8, 4) is 0 Å². The Morgan fingerprint density at radius 1 is 1.31 bits per heavy atom. The van der Waals surface area contributed by atoms with Gasteiger partial charge in [0.2, 0.25) is 0 Å². The lowest BCUT2D eigenvalue weighted by Crippen LogP contribution is -2.22. The molecule has 0 aromatic carbocycles. The highest BCUT2D eigenvalue weighted by molar-refractivity contribution is 9.09. The largest absolute Gasteiger partial charge is 0.462 e. The lowest BCUT2D eigenvalue weighted by molar-refractivity contribution is -0.150. The summed E-state index contributed by atoms with van der Waals surface area (Å²) >= 11 is 3.39. The van der Waals surface area contributed by atoms with Gasteiger partial charge in [-0.1, -0.05) is 35.2 Å². The third-order valence-electron chi connectivity index (χ3n) is 3.40. The van der Waals surface area contributed by atoms with E-state index in [1.165, 1.54) is 25.7 Å². The minimum Gasteiger partial charge on any atom is -0.462 e. The van der Waals surface area contributed by atoms with Crippen LogP contribution in [0.1, 0.15) is 58.3 Å². The zero-order valence-corrected chi connectivity index (χ0v) is 11.8. The van der Waals surface area contributed by atoms with Gasteiger partial charge in [-0.05, 0) is 38.5 Å². The first-order valence-electron chi connectivity index (χ1n) is 6.49. The van der Waals surface area contributed by atoms with Crippen LogP contribution in [-0.4, -0.2) is 17.4 Å². The van der Waals surface area contributed by atoms with E-state index in [1.54, 1.807) is 0 Å². The molecule has 0 saturated heterocycles. The summed E-state index contributed by atoms with van der Waals surface area (Å²) in [6, 6.07) is 0. The third kappa shape index (κ3) is 5.33. The summed E-state index contributed by atoms with van der Waals surface area (Å²) in [5.74, 6) is 0.612. The molecule has 2 nitrogen and oxygen atoms in total. The molecule has 0 aliphatic heterocycles. The molecule has 0 amide bonds. The molecular formula is C13H23BrO2. The lowest BCUT2D eigenvalue weighted by Gasteiger charge is -2.19. The summed E-state index contributed by atoms with van der Waals surface area (Å²) in [5.41, 5.74) is 0. The zero-order valence-electron chi connectivity index (χ0n) is 10.2. The number of carbonyl (C=O) groups is 1. The summed E-state index contributed by atoms with van der Waals surface area (Å²) in [7, 11) is 0. The van der Waals surface area contributed by atoms with Crippen LogP contribution >= 0.6 is 15.9 Å². The summed E-state index contributed by atoms with van der Waals surface area (Å²) in [6.45, 7) is 2.05. The van der Waals surface area contributed by atoms with Crippen LogP contribution in [0.25, 0.3) is 0 Å². The van der Waals surface area contributed by atoms with Crippen LogP contribution in [0.3, 0.4) is 0 Å². The molecule has 3 heteroatoms. The maximum Gasteiger partial charge on any atom is 0.306 e. The number of ether oxygens (including phenoxy) is 1. The van der Waals surface area contributed by atoms with E-state index in [4.69, 9.17) is 4.74 Å². The maximum absolute atomic E-state index is 11.5. The standard InChI is InChI=1S/C13H23BrO2/c1-11(12-7-4-5-8-12)16-13(15)9-3-2-6-10-14/h11-12H,2-10H2,1H3. The van der Waals surface area contributed by atoms with Gasteiger partial charge in [-0.3, -0.25) is 4.79 Å². The number of hydrogen-bond acceptors (Lipinski definition) is 2. The molecule has 0 bridgehead atoms. The predicted octanol–water partition coefficient (Wildman–Crippen LogP) is 4.06. The van der Waals surface area contributed by atoms with Gasteiger partial charge in [0.25, 0.3) is 0 Å². The van der Waals surface area contributed by atoms with Crippen LogP contribution in [0.15, 0.2) is 0 Å². The minimum atomic E-state index is -0.00558. The molecule has 1 aliphatic carbocycles. The van der Waals surface area contributed by atoms with Crippen molar-refractivity contribution >= 4 is 21.9 Å². The number of carbonyl (C=O) groups excluding carboxylic acids is 1. The summed E-state index contributed by atoms with van der Waals surface area (Å²) in [5, 5.41) is 1.03. The van der Waals surface area contributed by atoms with Crippen molar-refractivity contribution in [1.82, 2.24) is 0 Å². The summed E-state index contributed by atoms with van der Waals surface area (Å²) in [6.07, 6.45) is 9.01. The number of esters is 1. The highest BCUT2D eigenvalue weighted by Gasteiger charge is 2.24. The molecule has 16 heavy (non-hydrogen) atoms. The zero-order chi connectivity index (χ0) is 11.8. The second-order valence-electron chi connectivity index (χ2n) is 4.74. The SMILES string of the molecule is CC(OC(=O)CCCCCBr)C1CCCC1. The van der Waals surface area contributed by atoms with Gasteiger partial charge in [-0.15, -0.1) is 0 Å². The highest BCUT2D eigenvalue weighted by atomic mass is 79.9. The average Bonchev–Trinajstić information content (AvgIpc) is 2.77. The van der Waals surface area contributed by atoms with E-state index in [0.717, 1.165) is 24.6 Å². The van der Waals surface area contributed by atoms with Crippen LogP contribution in [0.5, 0.6) is 0 Å². The highest BCUT2D eigenvalue weighted by Crippen LogP contribution is 2.29. The van der Waals surface area contributed by atoms with Crippen LogP contribution in [0, 0.1) is 5.92 Å². The predicted molar refractivity (Wildman–Crippen MR) is 69.8 cm³/mol. The van der Waals surface area contributed by atoms with Crippen molar-refractivity contribution in [1.29, 1.82) is 0 Å². The smallest absolute Gasteiger partial charge is 0.306 e. The van der Waals surface area contributed by atoms with E-state index in [-0.39, 0.29) is 12.1 Å². The topological polar surface area (TPSA) is 26.3 Å². The van der Waals surface area contributed by atoms with Gasteiger partial charge in [0.15, 0.2) is 0 Å². The normalized spacial score (nSPS) is 18.6. The fraction of sp³-hybridized carbons (Fsp3) is 0.923. The molecule has 1 saturated carbocycles. The van der Waals surface area contributed by atoms with Crippen LogP contribution in [-0.2, 0) is 9.53 Å². The Labute approximate surface area is 107 Å². The number of hydrogen-bond donors (Lipinski definition) is 0. The van der Waals surface area contributed by atoms with Crippen molar-refractivity contribution in [2.45, 2.75) is 64.4 Å². The van der Waals surface area contributed by atoms with Gasteiger partial charge in [0.05, 0.1) is 0 Å². The van der Waals surface area contributed by atoms with E-state index >= 15 is 0 Å². The average molecular weight is 291 g/mol. The molecule has 0 aromatic rings. The number of halogens is 1. The Kier molecular flexibility index (Phi) is 7.10. The van der Waals surface area contributed by atoms with Crippen LogP contribution in [0.2, 0.25) is 0 Å². The van der Waals surface area contributed by atoms with Crippen LogP contribution < -0.4 is 0 Å². The van der Waals surface area contributed by atoms with Crippen molar-refractivity contribution in [2.75, 3.05) is 5.33 Å². The molecule has 1 rings (SSSR count). The monoisotopic (exact) mass is 290 g/mol. The Balaban J connectivity index is 2.08. The first-order chi connectivity index (χ1) is 7.74. The fourth-order valence-electron chi connectivity index (χ4n) is 2.33. The van der Waals surface area contributed by atoms with Crippen molar-refractivity contribution < 1.29 is 9.53 Å². The molecule has 0 radical (unpaired) electrons. The quantitative estimate of drug-likeness (QED) is 0.401.